The zero-order valence-electron chi connectivity index (χ0n) is 8.49. The molecular weight excluding hydrogens is 166 g/mol. The molecule has 1 aromatic heterocycles. The molecular formula is C8H17N5. The largest absolute Gasteiger partial charge is 0.330 e. The molecule has 0 saturated heterocycles. The van der Waals surface area contributed by atoms with Gasteiger partial charge in [-0.15, -0.1) is 5.10 Å². The maximum absolute atomic E-state index is 5.42. The Balaban J connectivity index is 2.77. The lowest BCUT2D eigenvalue weighted by atomic mass is 9.96. The molecule has 0 unspecified atom stereocenters. The van der Waals surface area contributed by atoms with Crippen LogP contribution in [-0.2, 0) is 12.0 Å². The molecule has 0 spiro atoms. The van der Waals surface area contributed by atoms with E-state index in [0.29, 0.717) is 6.54 Å². The number of tetrazole rings is 1. The van der Waals surface area contributed by atoms with Crippen LogP contribution in [0.5, 0.6) is 0 Å². The normalized spacial score (nSPS) is 12.0. The Labute approximate surface area is 78.3 Å². The number of hydrogen-bond donors (Lipinski definition) is 1. The molecule has 13 heavy (non-hydrogen) atoms. The number of nitrogens with zero attached hydrogens (tertiary/aromatic N) is 4. The van der Waals surface area contributed by atoms with Crippen LogP contribution in [0.25, 0.3) is 0 Å². The van der Waals surface area contributed by atoms with Crippen molar-refractivity contribution >= 4 is 0 Å². The molecule has 2 N–H and O–H groups in total. The summed E-state index contributed by atoms with van der Waals surface area (Å²) in [7, 11) is 0. The predicted molar refractivity (Wildman–Crippen MR) is 50.2 cm³/mol. The Hall–Kier alpha value is -0.970. The number of aromatic nitrogens is 4. The van der Waals surface area contributed by atoms with Gasteiger partial charge in [0.1, 0.15) is 0 Å². The molecule has 1 aromatic rings. The Kier molecular flexibility index (Phi) is 2.98. The van der Waals surface area contributed by atoms with Crippen molar-refractivity contribution in [1.82, 2.24) is 20.2 Å². The Morgan fingerprint density at radius 2 is 2.08 bits per heavy atom. The van der Waals surface area contributed by atoms with Crippen molar-refractivity contribution in [3.8, 4) is 0 Å². The minimum absolute atomic E-state index is 0.00189. The SMILES string of the molecule is CC(C)(C)c1nnnn1CCCN. The van der Waals surface area contributed by atoms with E-state index in [-0.39, 0.29) is 5.41 Å². The van der Waals surface area contributed by atoms with Crippen LogP contribution >= 0.6 is 0 Å². The molecule has 0 aromatic carbocycles. The summed E-state index contributed by atoms with van der Waals surface area (Å²) in [6.45, 7) is 7.76. The fourth-order valence-electron chi connectivity index (χ4n) is 1.13. The van der Waals surface area contributed by atoms with Gasteiger partial charge in [0.15, 0.2) is 5.82 Å². The first-order chi connectivity index (χ1) is 6.05. The fourth-order valence-corrected chi connectivity index (χ4v) is 1.13. The van der Waals surface area contributed by atoms with Crippen molar-refractivity contribution in [3.63, 3.8) is 0 Å². The molecule has 0 aliphatic rings. The fraction of sp³-hybridized carbons (Fsp3) is 0.875. The minimum Gasteiger partial charge on any atom is -0.330 e. The van der Waals surface area contributed by atoms with E-state index in [0.717, 1.165) is 18.8 Å². The molecule has 0 aliphatic heterocycles. The van der Waals surface area contributed by atoms with Crippen molar-refractivity contribution < 1.29 is 0 Å². The highest BCUT2D eigenvalue weighted by molar-refractivity contribution is 4.98. The molecule has 0 radical (unpaired) electrons. The first-order valence-corrected chi connectivity index (χ1v) is 4.52. The summed E-state index contributed by atoms with van der Waals surface area (Å²) in [4.78, 5) is 0. The molecule has 1 heterocycles. The van der Waals surface area contributed by atoms with E-state index < -0.39 is 0 Å². The van der Waals surface area contributed by atoms with E-state index in [1.807, 2.05) is 4.68 Å². The topological polar surface area (TPSA) is 69.6 Å². The second-order valence-corrected chi connectivity index (χ2v) is 4.12. The Morgan fingerprint density at radius 3 is 2.62 bits per heavy atom. The number of nitrogens with two attached hydrogens (primary N) is 1. The van der Waals surface area contributed by atoms with Crippen LogP contribution in [0.3, 0.4) is 0 Å². The third-order valence-corrected chi connectivity index (χ3v) is 1.78. The van der Waals surface area contributed by atoms with E-state index in [1.165, 1.54) is 0 Å². The molecule has 1 rings (SSSR count). The maximum Gasteiger partial charge on any atom is 0.156 e. The van der Waals surface area contributed by atoms with Crippen LogP contribution in [0.1, 0.15) is 33.0 Å². The van der Waals surface area contributed by atoms with Crippen LogP contribution in [0.15, 0.2) is 0 Å². The number of hydrogen-bond acceptors (Lipinski definition) is 4. The summed E-state index contributed by atoms with van der Waals surface area (Å²) in [5.41, 5.74) is 5.42. The highest BCUT2D eigenvalue weighted by Crippen LogP contribution is 2.18. The zero-order valence-corrected chi connectivity index (χ0v) is 8.49. The molecule has 0 fully saturated rings. The third kappa shape index (κ3) is 2.48. The lowest BCUT2D eigenvalue weighted by Crippen LogP contribution is -2.20. The van der Waals surface area contributed by atoms with Gasteiger partial charge in [0.05, 0.1) is 0 Å². The standard InChI is InChI=1S/C8H17N5/c1-8(2,3)7-10-11-12-13(7)6-4-5-9/h4-6,9H2,1-3H3. The third-order valence-electron chi connectivity index (χ3n) is 1.78. The van der Waals surface area contributed by atoms with Gasteiger partial charge in [-0.2, -0.15) is 0 Å². The van der Waals surface area contributed by atoms with Crippen molar-refractivity contribution in [2.45, 2.75) is 39.2 Å². The smallest absolute Gasteiger partial charge is 0.156 e. The van der Waals surface area contributed by atoms with E-state index in [4.69, 9.17) is 5.73 Å². The van der Waals surface area contributed by atoms with Crippen LogP contribution in [0.4, 0.5) is 0 Å². The summed E-state index contributed by atoms with van der Waals surface area (Å²) >= 11 is 0. The first-order valence-electron chi connectivity index (χ1n) is 4.52. The van der Waals surface area contributed by atoms with E-state index in [9.17, 15) is 0 Å². The molecule has 0 aliphatic carbocycles. The van der Waals surface area contributed by atoms with Gasteiger partial charge in [-0.05, 0) is 23.4 Å². The number of rotatable bonds is 3. The van der Waals surface area contributed by atoms with Crippen LogP contribution in [0, 0.1) is 0 Å². The maximum atomic E-state index is 5.42. The zero-order chi connectivity index (χ0) is 9.90. The highest BCUT2D eigenvalue weighted by atomic mass is 15.5. The van der Waals surface area contributed by atoms with Gasteiger partial charge >= 0.3 is 0 Å². The van der Waals surface area contributed by atoms with Gasteiger partial charge in [0.25, 0.3) is 0 Å². The lowest BCUT2D eigenvalue weighted by molar-refractivity contribution is 0.463. The Bertz CT molecular complexity index is 260. The van der Waals surface area contributed by atoms with Gasteiger partial charge in [0.2, 0.25) is 0 Å². The van der Waals surface area contributed by atoms with Crippen molar-refractivity contribution in [3.05, 3.63) is 5.82 Å². The quantitative estimate of drug-likeness (QED) is 0.732. The van der Waals surface area contributed by atoms with Gasteiger partial charge in [-0.1, -0.05) is 20.8 Å². The lowest BCUT2D eigenvalue weighted by Gasteiger charge is -2.16. The predicted octanol–water partition coefficient (Wildman–Crippen LogP) is 0.319. The second-order valence-electron chi connectivity index (χ2n) is 4.12. The number of aryl methyl sites for hydroxylation is 1. The summed E-state index contributed by atoms with van der Waals surface area (Å²) in [5.74, 6) is 0.918. The van der Waals surface area contributed by atoms with E-state index >= 15 is 0 Å². The van der Waals surface area contributed by atoms with Gasteiger partial charge < -0.3 is 5.73 Å². The van der Waals surface area contributed by atoms with Gasteiger partial charge in [-0.3, -0.25) is 0 Å². The molecule has 5 heteroatoms. The van der Waals surface area contributed by atoms with Gasteiger partial charge in [-0.25, -0.2) is 4.68 Å². The second kappa shape index (κ2) is 3.83. The molecule has 0 atom stereocenters. The Morgan fingerprint density at radius 1 is 1.38 bits per heavy atom. The summed E-state index contributed by atoms with van der Waals surface area (Å²) in [6.07, 6.45) is 0.911. The van der Waals surface area contributed by atoms with Gasteiger partial charge in [0, 0.05) is 12.0 Å². The molecule has 5 nitrogen and oxygen atoms in total. The average molecular weight is 183 g/mol. The first kappa shape index (κ1) is 10.1. The van der Waals surface area contributed by atoms with Crippen LogP contribution < -0.4 is 5.73 Å². The van der Waals surface area contributed by atoms with E-state index in [2.05, 4.69) is 36.3 Å². The monoisotopic (exact) mass is 183 g/mol. The van der Waals surface area contributed by atoms with Crippen molar-refractivity contribution in [2.75, 3.05) is 6.54 Å². The summed E-state index contributed by atoms with van der Waals surface area (Å²) in [6, 6.07) is 0. The summed E-state index contributed by atoms with van der Waals surface area (Å²) in [5, 5.41) is 11.6. The van der Waals surface area contributed by atoms with E-state index in [1.54, 1.807) is 0 Å². The molecule has 0 bridgehead atoms. The molecule has 74 valence electrons. The van der Waals surface area contributed by atoms with Crippen LogP contribution in [0.2, 0.25) is 0 Å². The highest BCUT2D eigenvalue weighted by Gasteiger charge is 2.21. The average Bonchev–Trinajstić information content (AvgIpc) is 2.47. The van der Waals surface area contributed by atoms with Crippen molar-refractivity contribution in [2.24, 2.45) is 5.73 Å². The minimum atomic E-state index is -0.00189. The van der Waals surface area contributed by atoms with Crippen molar-refractivity contribution in [1.29, 1.82) is 0 Å². The molecule has 0 amide bonds. The van der Waals surface area contributed by atoms with Crippen LogP contribution in [-0.4, -0.2) is 26.8 Å². The molecule has 0 saturated carbocycles. The summed E-state index contributed by atoms with van der Waals surface area (Å²) < 4.78 is 1.83.